The Kier molecular flexibility index (Phi) is 4.85. The van der Waals surface area contributed by atoms with Gasteiger partial charge in [-0.25, -0.2) is 4.79 Å². The van der Waals surface area contributed by atoms with Crippen LogP contribution in [0.2, 0.25) is 0 Å². The predicted octanol–water partition coefficient (Wildman–Crippen LogP) is -0.469. The molecule has 0 spiro atoms. The van der Waals surface area contributed by atoms with E-state index in [0.717, 1.165) is 5.69 Å². The quantitative estimate of drug-likeness (QED) is 0.551. The minimum atomic E-state index is -1.14. The van der Waals surface area contributed by atoms with Crippen LogP contribution in [-0.4, -0.2) is 60.7 Å². The minimum absolute atomic E-state index is 0.0132. The summed E-state index contributed by atoms with van der Waals surface area (Å²) >= 11 is 1.35. The number of rotatable bonds is 7. The minimum Gasteiger partial charge on any atom is -0.477 e. The summed E-state index contributed by atoms with van der Waals surface area (Å²) in [6.07, 6.45) is 1.49. The Morgan fingerprint density at radius 1 is 1.52 bits per heavy atom. The maximum Gasteiger partial charge on any atom is 0.353 e. The second kappa shape index (κ2) is 6.77. The van der Waals surface area contributed by atoms with Gasteiger partial charge in [-0.1, -0.05) is 5.21 Å². The molecule has 0 unspecified atom stereocenters. The van der Waals surface area contributed by atoms with Gasteiger partial charge in [0.1, 0.15) is 5.70 Å². The number of nitrogens with zero attached hydrogens (tertiary/aromatic N) is 4. The van der Waals surface area contributed by atoms with Crippen LogP contribution in [0.4, 0.5) is 0 Å². The highest BCUT2D eigenvalue weighted by atomic mass is 32.2. The third-order valence-corrected chi connectivity index (χ3v) is 5.88. The molecule has 3 heterocycles. The molecule has 3 rings (SSSR count). The van der Waals surface area contributed by atoms with Crippen molar-refractivity contribution in [1.29, 1.82) is 0 Å². The highest BCUT2D eigenvalue weighted by Crippen LogP contribution is 2.52. The Balaban J connectivity index is 1.91. The number of carboxylic acids is 1. The number of nitrogens with two attached hydrogens (primary N) is 1. The molecule has 0 bridgehead atoms. The summed E-state index contributed by atoms with van der Waals surface area (Å²) < 4.78 is 1.58. The molecule has 1 saturated heterocycles. The lowest BCUT2D eigenvalue weighted by Gasteiger charge is -2.47. The molecule has 2 aliphatic heterocycles. The molecule has 0 saturated carbocycles. The highest BCUT2D eigenvalue weighted by Gasteiger charge is 2.60. The third kappa shape index (κ3) is 2.94. The molecule has 4 N–H and O–H groups in total. The fraction of sp³-hybridized carbons (Fsp3) is 0.600. The molecular weight excluding hydrogens is 346 g/mol. The van der Waals surface area contributed by atoms with Crippen LogP contribution in [0.3, 0.4) is 0 Å². The lowest BCUT2D eigenvalue weighted by molar-refractivity contribution is -0.163. The number of carbonyl (C=O) groups excluding carboxylic acids is 1. The molecule has 2 aliphatic rings. The summed E-state index contributed by atoms with van der Waals surface area (Å²) in [7, 11) is 1.76. The van der Waals surface area contributed by atoms with Crippen molar-refractivity contribution in [1.82, 2.24) is 19.9 Å². The molecule has 0 radical (unpaired) electrons. The molecule has 0 aliphatic carbocycles. The number of aliphatic carboxylic acids is 1. The first kappa shape index (κ1) is 17.9. The number of aliphatic hydroxyl groups excluding tert-OH is 1. The number of hydrogen-bond acceptors (Lipinski definition) is 7. The van der Waals surface area contributed by atoms with Gasteiger partial charge in [-0.05, 0) is 19.9 Å². The number of aromatic nitrogens is 3. The van der Waals surface area contributed by atoms with E-state index in [1.54, 1.807) is 24.9 Å². The molecular formula is C15H21N5O4S. The number of β-lactam (4-membered cyclic amide) rings is 1. The number of thioether (sulfide) groups is 1. The molecule has 0 aromatic carbocycles. The standard InChI is InChI=1S/C15H21N5O4S/c1-7(21)10-11-9(3-4-16)13(12(15(23)24)20(11)14(10)22)25-6-8-5-19(2)18-17-8/h5,7,9-11,21H,3-4,6,16H2,1-2H3,(H,23,24)/t7-,9-,10-,11-/m1/s1. The van der Waals surface area contributed by atoms with Gasteiger partial charge in [0.25, 0.3) is 0 Å². The maximum atomic E-state index is 12.4. The van der Waals surface area contributed by atoms with Gasteiger partial charge in [-0.2, -0.15) is 0 Å². The van der Waals surface area contributed by atoms with Gasteiger partial charge in [0.05, 0.1) is 23.8 Å². The number of fused-ring (bicyclic) bond motifs is 1. The summed E-state index contributed by atoms with van der Waals surface area (Å²) in [6.45, 7) is 1.93. The Bertz CT molecular complexity index is 731. The van der Waals surface area contributed by atoms with E-state index < -0.39 is 18.0 Å². The summed E-state index contributed by atoms with van der Waals surface area (Å²) in [5, 5.41) is 27.4. The Hall–Kier alpha value is -1.91. The van der Waals surface area contributed by atoms with Gasteiger partial charge in [0.2, 0.25) is 5.91 Å². The van der Waals surface area contributed by atoms with Gasteiger partial charge < -0.3 is 20.8 Å². The lowest BCUT2D eigenvalue weighted by Crippen LogP contribution is -2.64. The van der Waals surface area contributed by atoms with Crippen molar-refractivity contribution in [2.24, 2.45) is 24.6 Å². The second-order valence-electron chi connectivity index (χ2n) is 6.34. The highest BCUT2D eigenvalue weighted by molar-refractivity contribution is 8.02. The number of aliphatic hydroxyl groups is 1. The van der Waals surface area contributed by atoms with Crippen LogP contribution in [0.1, 0.15) is 19.0 Å². The molecule has 25 heavy (non-hydrogen) atoms. The molecule has 10 heteroatoms. The van der Waals surface area contributed by atoms with E-state index in [0.29, 0.717) is 23.6 Å². The van der Waals surface area contributed by atoms with E-state index in [9.17, 15) is 19.8 Å². The SMILES string of the molecule is C[C@@H](O)[C@H]1C(=O)N2C(C(=O)O)=C(SCc3cn(C)nn3)[C@H](CCN)[C@H]12. The first-order chi connectivity index (χ1) is 11.9. The molecule has 1 fully saturated rings. The van der Waals surface area contributed by atoms with Gasteiger partial charge in [0, 0.05) is 29.8 Å². The fourth-order valence-corrected chi connectivity index (χ4v) is 4.87. The molecule has 136 valence electrons. The van der Waals surface area contributed by atoms with Crippen molar-refractivity contribution >= 4 is 23.6 Å². The van der Waals surface area contributed by atoms with Crippen LogP contribution in [-0.2, 0) is 22.4 Å². The summed E-state index contributed by atoms with van der Waals surface area (Å²) in [6, 6.07) is -0.341. The summed E-state index contributed by atoms with van der Waals surface area (Å²) in [5.74, 6) is -1.79. The monoisotopic (exact) mass is 367 g/mol. The maximum absolute atomic E-state index is 12.4. The van der Waals surface area contributed by atoms with Crippen LogP contribution in [0.25, 0.3) is 0 Å². The normalized spacial score (nSPS) is 26.6. The van der Waals surface area contributed by atoms with Crippen LogP contribution in [0.15, 0.2) is 16.8 Å². The number of carboxylic acid groups (broad SMARTS) is 1. The average molecular weight is 367 g/mol. The van der Waals surface area contributed by atoms with E-state index in [-0.39, 0.29) is 23.6 Å². The molecule has 4 atom stereocenters. The van der Waals surface area contributed by atoms with E-state index in [4.69, 9.17) is 5.73 Å². The number of carbonyl (C=O) groups is 2. The predicted molar refractivity (Wildman–Crippen MR) is 89.9 cm³/mol. The molecule has 1 amide bonds. The molecule has 9 nitrogen and oxygen atoms in total. The topological polar surface area (TPSA) is 135 Å². The largest absolute Gasteiger partial charge is 0.477 e. The van der Waals surface area contributed by atoms with Crippen molar-refractivity contribution in [2.75, 3.05) is 6.54 Å². The van der Waals surface area contributed by atoms with E-state index in [1.807, 2.05) is 0 Å². The number of amides is 1. The van der Waals surface area contributed by atoms with E-state index >= 15 is 0 Å². The van der Waals surface area contributed by atoms with Gasteiger partial charge >= 0.3 is 5.97 Å². The smallest absolute Gasteiger partial charge is 0.353 e. The van der Waals surface area contributed by atoms with Crippen LogP contribution < -0.4 is 5.73 Å². The zero-order chi connectivity index (χ0) is 18.3. The van der Waals surface area contributed by atoms with Crippen molar-refractivity contribution in [3.8, 4) is 0 Å². The average Bonchev–Trinajstić information content (AvgIpc) is 3.05. The summed E-state index contributed by atoms with van der Waals surface area (Å²) in [5.41, 5.74) is 6.46. The van der Waals surface area contributed by atoms with Crippen LogP contribution in [0.5, 0.6) is 0 Å². The van der Waals surface area contributed by atoms with E-state index in [2.05, 4.69) is 10.3 Å². The van der Waals surface area contributed by atoms with Crippen molar-refractivity contribution in [3.05, 3.63) is 22.5 Å². The Morgan fingerprint density at radius 3 is 2.76 bits per heavy atom. The van der Waals surface area contributed by atoms with Crippen molar-refractivity contribution in [3.63, 3.8) is 0 Å². The first-order valence-corrected chi connectivity index (χ1v) is 9.02. The van der Waals surface area contributed by atoms with Crippen LogP contribution in [0, 0.1) is 11.8 Å². The Morgan fingerprint density at radius 2 is 2.24 bits per heavy atom. The zero-order valence-electron chi connectivity index (χ0n) is 14.0. The molecule has 1 aromatic rings. The Labute approximate surface area is 148 Å². The van der Waals surface area contributed by atoms with Gasteiger partial charge in [0.15, 0.2) is 0 Å². The lowest BCUT2D eigenvalue weighted by atomic mass is 9.77. The third-order valence-electron chi connectivity index (χ3n) is 4.64. The van der Waals surface area contributed by atoms with Gasteiger partial charge in [-0.15, -0.1) is 16.9 Å². The second-order valence-corrected chi connectivity index (χ2v) is 7.36. The molecule has 1 aromatic heterocycles. The fourth-order valence-electron chi connectivity index (χ4n) is 3.64. The van der Waals surface area contributed by atoms with Gasteiger partial charge in [-0.3, -0.25) is 9.48 Å². The number of hydrogen-bond donors (Lipinski definition) is 3. The zero-order valence-corrected chi connectivity index (χ0v) is 14.8. The summed E-state index contributed by atoms with van der Waals surface area (Å²) in [4.78, 5) is 26.1. The van der Waals surface area contributed by atoms with Crippen LogP contribution >= 0.6 is 11.8 Å². The van der Waals surface area contributed by atoms with Crippen molar-refractivity contribution < 1.29 is 19.8 Å². The van der Waals surface area contributed by atoms with E-state index in [1.165, 1.54) is 16.7 Å². The van der Waals surface area contributed by atoms with Crippen molar-refractivity contribution in [2.45, 2.75) is 31.2 Å². The first-order valence-electron chi connectivity index (χ1n) is 8.03. The number of aryl methyl sites for hydroxylation is 1.